The molecule has 1 rings (SSSR count). The van der Waals surface area contributed by atoms with Crippen molar-refractivity contribution in [3.05, 3.63) is 15.7 Å². The van der Waals surface area contributed by atoms with Crippen LogP contribution in [0.4, 0.5) is 0 Å². The summed E-state index contributed by atoms with van der Waals surface area (Å²) >= 11 is 0.587. The van der Waals surface area contributed by atoms with Gasteiger partial charge in [-0.1, -0.05) is 13.8 Å². The van der Waals surface area contributed by atoms with Crippen molar-refractivity contribution < 1.29 is 0 Å². The van der Waals surface area contributed by atoms with Gasteiger partial charge in [-0.15, -0.1) is 0 Å². The fourth-order valence-corrected chi connectivity index (χ4v) is 1.42. The number of hydrogen-bond donors (Lipinski definition) is 0. The zero-order valence-electron chi connectivity index (χ0n) is 5.51. The Balaban J connectivity index is 0.000000222. The molecule has 0 saturated heterocycles. The zero-order chi connectivity index (χ0) is 6.41. The molecule has 1 aromatic rings. The third-order valence-corrected chi connectivity index (χ3v) is 2.03. The molecule has 0 fully saturated rings. The second-order valence-corrected chi connectivity index (χ2v) is 2.64. The maximum absolute atomic E-state index is 4.00. The molecule has 8 heavy (non-hydrogen) atoms. The molecule has 0 aromatic carbocycles. The van der Waals surface area contributed by atoms with Crippen LogP contribution in [-0.2, 0) is 0 Å². The van der Waals surface area contributed by atoms with Gasteiger partial charge in [0.1, 0.15) is 0 Å². The number of rotatable bonds is 0. The van der Waals surface area contributed by atoms with E-state index in [-0.39, 0.29) is 0 Å². The summed E-state index contributed by atoms with van der Waals surface area (Å²) in [6, 6.07) is 0. The average molecular weight is 176 g/mol. The van der Waals surface area contributed by atoms with Crippen molar-refractivity contribution in [3.63, 3.8) is 0 Å². The fourth-order valence-electron chi connectivity index (χ4n) is 0.273. The number of hydrogen-bond acceptors (Lipinski definition) is 1. The summed E-state index contributed by atoms with van der Waals surface area (Å²) in [7, 11) is 0. The number of nitrogens with zero attached hydrogens (tertiary/aromatic N) is 1. The van der Waals surface area contributed by atoms with E-state index in [0.717, 1.165) is 0 Å². The SMILES string of the molecule is CC.Cc1c[se]cn1. The van der Waals surface area contributed by atoms with E-state index in [0.29, 0.717) is 14.5 Å². The molecule has 0 aliphatic heterocycles. The normalized spacial score (nSPS) is 7.38. The van der Waals surface area contributed by atoms with Crippen LogP contribution in [0.15, 0.2) is 10.0 Å². The molecule has 0 bridgehead atoms. The topological polar surface area (TPSA) is 12.9 Å². The summed E-state index contributed by atoms with van der Waals surface area (Å²) in [4.78, 5) is 6.16. The predicted molar refractivity (Wildman–Crippen MR) is 37.3 cm³/mol. The summed E-state index contributed by atoms with van der Waals surface area (Å²) in [5, 5.41) is 1.97. The Morgan fingerprint density at radius 2 is 2.12 bits per heavy atom. The molecule has 0 N–H and O–H groups in total. The van der Waals surface area contributed by atoms with E-state index in [9.17, 15) is 0 Å². The van der Waals surface area contributed by atoms with Crippen molar-refractivity contribution in [1.29, 1.82) is 0 Å². The number of aryl methyl sites for hydroxylation is 1. The van der Waals surface area contributed by atoms with Gasteiger partial charge in [-0.05, 0) is 0 Å². The molecule has 0 aliphatic carbocycles. The Morgan fingerprint density at radius 3 is 2.25 bits per heavy atom. The molecule has 0 radical (unpaired) electrons. The average Bonchev–Trinajstić information content (AvgIpc) is 2.24. The fraction of sp³-hybridized carbons (Fsp3) is 0.500. The number of aromatic nitrogens is 1. The van der Waals surface area contributed by atoms with E-state index >= 15 is 0 Å². The molecule has 0 saturated carbocycles. The van der Waals surface area contributed by atoms with Crippen LogP contribution in [0.3, 0.4) is 0 Å². The monoisotopic (exact) mass is 177 g/mol. The van der Waals surface area contributed by atoms with Crippen molar-refractivity contribution in [2.45, 2.75) is 20.8 Å². The maximum atomic E-state index is 4.00. The minimum atomic E-state index is 0.587. The van der Waals surface area contributed by atoms with Crippen LogP contribution in [-0.4, -0.2) is 19.5 Å². The van der Waals surface area contributed by atoms with Crippen molar-refractivity contribution in [3.8, 4) is 0 Å². The molecule has 1 heterocycles. The van der Waals surface area contributed by atoms with Crippen LogP contribution in [0.1, 0.15) is 19.5 Å². The molecule has 0 atom stereocenters. The molecule has 1 aromatic heterocycles. The second kappa shape index (κ2) is 5.07. The molecule has 0 unspecified atom stereocenters. The van der Waals surface area contributed by atoms with Crippen molar-refractivity contribution in [1.82, 2.24) is 4.98 Å². The third kappa shape index (κ3) is 3.00. The van der Waals surface area contributed by atoms with Crippen LogP contribution < -0.4 is 0 Å². The molecule has 0 spiro atoms. The van der Waals surface area contributed by atoms with Crippen LogP contribution in [0, 0.1) is 6.92 Å². The van der Waals surface area contributed by atoms with E-state index in [1.54, 1.807) is 0 Å². The van der Waals surface area contributed by atoms with E-state index < -0.39 is 0 Å². The van der Waals surface area contributed by atoms with Gasteiger partial charge in [0.15, 0.2) is 0 Å². The third-order valence-electron chi connectivity index (χ3n) is 0.556. The van der Waals surface area contributed by atoms with E-state index in [2.05, 4.69) is 9.92 Å². The molecule has 2 heteroatoms. The van der Waals surface area contributed by atoms with Gasteiger partial charge in [0, 0.05) is 0 Å². The first kappa shape index (κ1) is 7.93. The molecular formula is C6H11NSe. The van der Waals surface area contributed by atoms with Crippen molar-refractivity contribution >= 4 is 14.5 Å². The van der Waals surface area contributed by atoms with Gasteiger partial charge in [-0.2, -0.15) is 0 Å². The summed E-state index contributed by atoms with van der Waals surface area (Å²) in [5.41, 5.74) is 1.18. The van der Waals surface area contributed by atoms with Gasteiger partial charge < -0.3 is 0 Å². The molecule has 0 aliphatic rings. The quantitative estimate of drug-likeness (QED) is 0.545. The molecule has 1 nitrogen and oxygen atoms in total. The Labute approximate surface area is 56.5 Å². The van der Waals surface area contributed by atoms with E-state index in [1.165, 1.54) is 5.69 Å². The minimum absolute atomic E-state index is 0.587. The van der Waals surface area contributed by atoms with Crippen LogP contribution in [0.2, 0.25) is 0 Å². The summed E-state index contributed by atoms with van der Waals surface area (Å²) in [6.45, 7) is 6.02. The molecule has 0 amide bonds. The zero-order valence-corrected chi connectivity index (χ0v) is 7.22. The second-order valence-electron chi connectivity index (χ2n) is 1.13. The Morgan fingerprint density at radius 1 is 1.50 bits per heavy atom. The van der Waals surface area contributed by atoms with Gasteiger partial charge in [-0.25, -0.2) is 0 Å². The first-order valence-corrected chi connectivity index (χ1v) is 4.72. The Bertz CT molecular complexity index is 112. The van der Waals surface area contributed by atoms with Crippen molar-refractivity contribution in [2.75, 3.05) is 0 Å². The molecular weight excluding hydrogens is 165 g/mol. The standard InChI is InChI=1S/C4H5NSe.C2H6/c1-4-2-6-3-5-4;1-2/h2-3H,1H3;1-2H3. The first-order chi connectivity index (χ1) is 3.89. The van der Waals surface area contributed by atoms with Crippen LogP contribution >= 0.6 is 0 Å². The summed E-state index contributed by atoms with van der Waals surface area (Å²) < 4.78 is 0. The Hall–Kier alpha value is -0.0705. The van der Waals surface area contributed by atoms with Gasteiger partial charge in [0.2, 0.25) is 0 Å². The van der Waals surface area contributed by atoms with Gasteiger partial charge >= 0.3 is 42.1 Å². The van der Waals surface area contributed by atoms with Crippen molar-refractivity contribution in [2.24, 2.45) is 0 Å². The van der Waals surface area contributed by atoms with Crippen LogP contribution in [0.25, 0.3) is 0 Å². The van der Waals surface area contributed by atoms with Crippen LogP contribution in [0.5, 0.6) is 0 Å². The van der Waals surface area contributed by atoms with E-state index in [1.807, 2.05) is 25.8 Å². The summed E-state index contributed by atoms with van der Waals surface area (Å²) in [6.07, 6.45) is 0. The molecule has 46 valence electrons. The van der Waals surface area contributed by atoms with E-state index in [4.69, 9.17) is 0 Å². The van der Waals surface area contributed by atoms with Gasteiger partial charge in [-0.3, -0.25) is 0 Å². The van der Waals surface area contributed by atoms with Gasteiger partial charge in [0.25, 0.3) is 0 Å². The predicted octanol–water partition coefficient (Wildman–Crippen LogP) is 1.47. The Kier molecular flexibility index (Phi) is 5.03. The van der Waals surface area contributed by atoms with Gasteiger partial charge in [0.05, 0.1) is 0 Å². The summed E-state index contributed by atoms with van der Waals surface area (Å²) in [5.74, 6) is 0. The first-order valence-electron chi connectivity index (χ1n) is 2.74.